The van der Waals surface area contributed by atoms with Crippen LogP contribution >= 0.6 is 0 Å². The number of amides is 2. The molecular weight excluding hydrogens is 306 g/mol. The van der Waals surface area contributed by atoms with Gasteiger partial charge in [-0.1, -0.05) is 13.3 Å². The Morgan fingerprint density at radius 1 is 1.38 bits per heavy atom. The minimum Gasteiger partial charge on any atom is -0.465 e. The van der Waals surface area contributed by atoms with Crippen LogP contribution in [0.4, 0.5) is 4.79 Å². The van der Waals surface area contributed by atoms with Crippen LogP contribution in [0.1, 0.15) is 59.3 Å². The van der Waals surface area contributed by atoms with E-state index in [9.17, 15) is 9.59 Å². The molecule has 2 aliphatic rings. The summed E-state index contributed by atoms with van der Waals surface area (Å²) >= 11 is 0. The molecule has 2 N–H and O–H groups in total. The van der Waals surface area contributed by atoms with Gasteiger partial charge in [0.05, 0.1) is 0 Å². The molecule has 1 heterocycles. The van der Waals surface area contributed by atoms with E-state index in [4.69, 9.17) is 5.11 Å². The summed E-state index contributed by atoms with van der Waals surface area (Å²) in [6.45, 7) is 7.34. The number of hydrogen-bond donors (Lipinski definition) is 2. The predicted molar refractivity (Wildman–Crippen MR) is 94.0 cm³/mol. The van der Waals surface area contributed by atoms with Crippen molar-refractivity contribution in [2.75, 3.05) is 13.6 Å². The van der Waals surface area contributed by atoms with Gasteiger partial charge in [-0.15, -0.1) is 0 Å². The van der Waals surface area contributed by atoms with E-state index in [1.807, 2.05) is 4.90 Å². The summed E-state index contributed by atoms with van der Waals surface area (Å²) in [5.74, 6) is 0.488. The lowest BCUT2D eigenvalue weighted by Crippen LogP contribution is -2.51. The van der Waals surface area contributed by atoms with E-state index in [2.05, 4.69) is 38.0 Å². The second-order valence-electron chi connectivity index (χ2n) is 7.66. The summed E-state index contributed by atoms with van der Waals surface area (Å²) in [5, 5.41) is 11.3. The van der Waals surface area contributed by atoms with Gasteiger partial charge < -0.3 is 20.2 Å². The van der Waals surface area contributed by atoms with Crippen LogP contribution in [0.15, 0.2) is 0 Å². The van der Waals surface area contributed by atoms with Crippen LogP contribution in [-0.2, 0) is 4.79 Å². The third-order valence-corrected chi connectivity index (χ3v) is 5.90. The summed E-state index contributed by atoms with van der Waals surface area (Å²) in [7, 11) is 2.20. The number of carbonyl (C=O) groups excluding carboxylic acids is 1. The van der Waals surface area contributed by atoms with Crippen molar-refractivity contribution < 1.29 is 14.7 Å². The molecule has 138 valence electrons. The quantitative estimate of drug-likeness (QED) is 0.780. The molecular formula is C18H33N3O3. The number of carboxylic acid groups (broad SMARTS) is 1. The highest BCUT2D eigenvalue weighted by Crippen LogP contribution is 2.36. The SMILES string of the molecule is CCC[C@@H]1C[C@H](N(C)C(C)C)CC[C@@H]1N1CC[C@H](NC(=O)O)C1=O. The monoisotopic (exact) mass is 339 g/mol. The number of likely N-dealkylation sites (tertiary alicyclic amines) is 1. The zero-order chi connectivity index (χ0) is 17.9. The Kier molecular flexibility index (Phi) is 6.49. The molecule has 6 heteroatoms. The maximum Gasteiger partial charge on any atom is 0.405 e. The topological polar surface area (TPSA) is 72.9 Å². The average molecular weight is 339 g/mol. The van der Waals surface area contributed by atoms with E-state index in [0.29, 0.717) is 31.0 Å². The minimum absolute atomic E-state index is 0.0285. The van der Waals surface area contributed by atoms with Gasteiger partial charge in [0.15, 0.2) is 0 Å². The van der Waals surface area contributed by atoms with Gasteiger partial charge in [0.1, 0.15) is 6.04 Å². The Morgan fingerprint density at radius 3 is 2.67 bits per heavy atom. The van der Waals surface area contributed by atoms with Crippen molar-refractivity contribution in [1.29, 1.82) is 0 Å². The summed E-state index contributed by atoms with van der Waals surface area (Å²) in [6, 6.07) is 0.838. The first-order valence-electron chi connectivity index (χ1n) is 9.37. The van der Waals surface area contributed by atoms with Gasteiger partial charge in [-0.25, -0.2) is 4.79 Å². The highest BCUT2D eigenvalue weighted by atomic mass is 16.4. The van der Waals surface area contributed by atoms with Gasteiger partial charge >= 0.3 is 6.09 Å². The molecule has 0 aromatic heterocycles. The molecule has 0 aromatic carbocycles. The molecule has 1 saturated carbocycles. The number of carbonyl (C=O) groups is 2. The number of rotatable bonds is 6. The van der Waals surface area contributed by atoms with Crippen LogP contribution in [0.2, 0.25) is 0 Å². The van der Waals surface area contributed by atoms with Gasteiger partial charge in [-0.2, -0.15) is 0 Å². The van der Waals surface area contributed by atoms with Crippen LogP contribution in [0, 0.1) is 5.92 Å². The van der Waals surface area contributed by atoms with E-state index in [1.165, 1.54) is 0 Å². The van der Waals surface area contributed by atoms with E-state index < -0.39 is 12.1 Å². The largest absolute Gasteiger partial charge is 0.465 e. The fourth-order valence-electron chi connectivity index (χ4n) is 4.42. The predicted octanol–water partition coefficient (Wildman–Crippen LogP) is 2.53. The molecule has 1 saturated heterocycles. The van der Waals surface area contributed by atoms with Crippen LogP contribution < -0.4 is 5.32 Å². The van der Waals surface area contributed by atoms with Crippen molar-refractivity contribution in [1.82, 2.24) is 15.1 Å². The first-order chi connectivity index (χ1) is 11.3. The Hall–Kier alpha value is -1.30. The fraction of sp³-hybridized carbons (Fsp3) is 0.889. The molecule has 0 aromatic rings. The molecule has 2 fully saturated rings. The lowest BCUT2D eigenvalue weighted by atomic mass is 9.77. The van der Waals surface area contributed by atoms with Crippen molar-refractivity contribution in [2.24, 2.45) is 5.92 Å². The smallest absolute Gasteiger partial charge is 0.405 e. The molecule has 2 rings (SSSR count). The third kappa shape index (κ3) is 4.21. The molecule has 0 spiro atoms. The van der Waals surface area contributed by atoms with Crippen LogP contribution in [-0.4, -0.2) is 64.7 Å². The zero-order valence-corrected chi connectivity index (χ0v) is 15.5. The highest BCUT2D eigenvalue weighted by Gasteiger charge is 2.42. The number of nitrogens with zero attached hydrogens (tertiary/aromatic N) is 2. The highest BCUT2D eigenvalue weighted by molar-refractivity contribution is 5.87. The second kappa shape index (κ2) is 8.19. The van der Waals surface area contributed by atoms with Gasteiger partial charge in [-0.05, 0) is 58.9 Å². The number of hydrogen-bond acceptors (Lipinski definition) is 3. The van der Waals surface area contributed by atoms with Crippen LogP contribution in [0.3, 0.4) is 0 Å². The molecule has 6 nitrogen and oxygen atoms in total. The first-order valence-corrected chi connectivity index (χ1v) is 9.37. The van der Waals surface area contributed by atoms with Gasteiger partial charge in [0, 0.05) is 24.7 Å². The summed E-state index contributed by atoms with van der Waals surface area (Å²) < 4.78 is 0. The van der Waals surface area contributed by atoms with Crippen molar-refractivity contribution in [3.63, 3.8) is 0 Å². The van der Waals surface area contributed by atoms with E-state index in [0.717, 1.165) is 32.1 Å². The number of nitrogens with one attached hydrogen (secondary N) is 1. The van der Waals surface area contributed by atoms with Gasteiger partial charge in [0.2, 0.25) is 5.91 Å². The lowest BCUT2D eigenvalue weighted by molar-refractivity contribution is -0.133. The minimum atomic E-state index is -1.11. The maximum atomic E-state index is 12.6. The van der Waals surface area contributed by atoms with Crippen molar-refractivity contribution in [2.45, 2.75) is 83.5 Å². The molecule has 0 bridgehead atoms. The van der Waals surface area contributed by atoms with Gasteiger partial charge in [0.25, 0.3) is 0 Å². The molecule has 2 amide bonds. The van der Waals surface area contributed by atoms with Crippen molar-refractivity contribution in [3.05, 3.63) is 0 Å². The van der Waals surface area contributed by atoms with Crippen LogP contribution in [0.5, 0.6) is 0 Å². The van der Waals surface area contributed by atoms with Crippen LogP contribution in [0.25, 0.3) is 0 Å². The van der Waals surface area contributed by atoms with Crippen molar-refractivity contribution in [3.8, 4) is 0 Å². The molecule has 4 atom stereocenters. The van der Waals surface area contributed by atoms with Gasteiger partial charge in [-0.3, -0.25) is 4.79 Å². The first kappa shape index (κ1) is 19.0. The maximum absolute atomic E-state index is 12.6. The van der Waals surface area contributed by atoms with E-state index >= 15 is 0 Å². The Bertz CT molecular complexity index is 455. The molecule has 0 radical (unpaired) electrons. The third-order valence-electron chi connectivity index (χ3n) is 5.90. The summed E-state index contributed by atoms with van der Waals surface area (Å²) in [6.07, 6.45) is 5.01. The Balaban J connectivity index is 2.04. The average Bonchev–Trinajstić information content (AvgIpc) is 2.87. The Morgan fingerprint density at radius 2 is 2.08 bits per heavy atom. The standard InChI is InChI=1S/C18H33N3O3/c1-5-6-13-11-14(20(4)12(2)3)7-8-16(13)21-10-9-15(17(21)22)19-18(23)24/h12-16,19H,5-11H2,1-4H3,(H,23,24)/t13-,14-,15+,16+/m1/s1. The molecule has 1 aliphatic heterocycles. The zero-order valence-electron chi connectivity index (χ0n) is 15.5. The Labute approximate surface area is 145 Å². The summed E-state index contributed by atoms with van der Waals surface area (Å²) in [5.41, 5.74) is 0. The summed E-state index contributed by atoms with van der Waals surface area (Å²) in [4.78, 5) is 27.9. The lowest BCUT2D eigenvalue weighted by Gasteiger charge is -2.44. The second-order valence-corrected chi connectivity index (χ2v) is 7.66. The van der Waals surface area contributed by atoms with Crippen molar-refractivity contribution >= 4 is 12.0 Å². The van der Waals surface area contributed by atoms with E-state index in [-0.39, 0.29) is 11.9 Å². The van der Waals surface area contributed by atoms with E-state index in [1.54, 1.807) is 0 Å². The molecule has 0 unspecified atom stereocenters. The molecule has 24 heavy (non-hydrogen) atoms. The fourth-order valence-corrected chi connectivity index (χ4v) is 4.42. The normalized spacial score (nSPS) is 31.1. The molecule has 1 aliphatic carbocycles.